The standard InChI is InChI=1S/C19H28N2O4S2/c1-2-27(23,24)21-14-18(25-17-11-7-6-10-16(17)21)19(22)20-12-13-26-15-8-4-3-5-9-15/h6-7,10-11,15,18H,2-5,8-9,12-14H2,1H3,(H,20,22). The first-order chi connectivity index (χ1) is 13.0. The molecule has 1 fully saturated rings. The summed E-state index contributed by atoms with van der Waals surface area (Å²) in [6, 6.07) is 6.95. The number of rotatable bonds is 7. The molecule has 2 aliphatic rings. The Labute approximate surface area is 166 Å². The van der Waals surface area contributed by atoms with Crippen LogP contribution in [0.3, 0.4) is 0 Å². The summed E-state index contributed by atoms with van der Waals surface area (Å²) in [5.41, 5.74) is 0.497. The Morgan fingerprint density at radius 2 is 2.00 bits per heavy atom. The third-order valence-electron chi connectivity index (χ3n) is 5.03. The largest absolute Gasteiger partial charge is 0.476 e. The van der Waals surface area contributed by atoms with Crippen LogP contribution in [-0.2, 0) is 14.8 Å². The third kappa shape index (κ3) is 5.10. The number of thioether (sulfide) groups is 1. The van der Waals surface area contributed by atoms with Crippen LogP contribution in [0.25, 0.3) is 0 Å². The number of benzene rings is 1. The van der Waals surface area contributed by atoms with Crippen LogP contribution in [0, 0.1) is 0 Å². The van der Waals surface area contributed by atoms with Crippen molar-refractivity contribution in [2.75, 3.05) is 28.9 Å². The summed E-state index contributed by atoms with van der Waals surface area (Å²) < 4.78 is 32.0. The molecule has 1 unspecified atom stereocenters. The number of hydrogen-bond acceptors (Lipinski definition) is 5. The average Bonchev–Trinajstić information content (AvgIpc) is 2.71. The Bertz CT molecular complexity index is 748. The van der Waals surface area contributed by atoms with Gasteiger partial charge in [0.25, 0.3) is 5.91 Å². The van der Waals surface area contributed by atoms with Crippen molar-refractivity contribution < 1.29 is 17.9 Å². The van der Waals surface area contributed by atoms with Gasteiger partial charge in [0.1, 0.15) is 5.75 Å². The van der Waals surface area contributed by atoms with Crippen molar-refractivity contribution in [1.29, 1.82) is 0 Å². The first kappa shape index (κ1) is 20.3. The summed E-state index contributed by atoms with van der Waals surface area (Å²) in [6.07, 6.45) is 5.66. The molecule has 0 spiro atoms. The number of carbonyl (C=O) groups is 1. The molecule has 6 nitrogen and oxygen atoms in total. The van der Waals surface area contributed by atoms with E-state index in [4.69, 9.17) is 4.74 Å². The topological polar surface area (TPSA) is 75.7 Å². The van der Waals surface area contributed by atoms with Crippen molar-refractivity contribution in [3.8, 4) is 5.75 Å². The maximum atomic E-state index is 12.6. The normalized spacial score (nSPS) is 20.6. The second-order valence-corrected chi connectivity index (χ2v) is 10.5. The number of nitrogens with zero attached hydrogens (tertiary/aromatic N) is 1. The fraction of sp³-hybridized carbons (Fsp3) is 0.632. The zero-order chi connectivity index (χ0) is 19.3. The molecule has 1 atom stereocenters. The number of carbonyl (C=O) groups excluding carboxylic acids is 1. The second-order valence-electron chi connectivity index (χ2n) is 6.93. The summed E-state index contributed by atoms with van der Waals surface area (Å²) in [7, 11) is -3.47. The molecule has 150 valence electrons. The van der Waals surface area contributed by atoms with E-state index >= 15 is 0 Å². The molecule has 0 aromatic heterocycles. The van der Waals surface area contributed by atoms with Gasteiger partial charge in [-0.15, -0.1) is 0 Å². The predicted octanol–water partition coefficient (Wildman–Crippen LogP) is 2.79. The monoisotopic (exact) mass is 412 g/mol. The molecule has 0 saturated heterocycles. The van der Waals surface area contributed by atoms with Gasteiger partial charge in [-0.25, -0.2) is 8.42 Å². The molecule has 8 heteroatoms. The lowest BCUT2D eigenvalue weighted by atomic mass is 10.0. The minimum absolute atomic E-state index is 0.00872. The van der Waals surface area contributed by atoms with E-state index < -0.39 is 16.1 Å². The van der Waals surface area contributed by atoms with Crippen molar-refractivity contribution in [3.05, 3.63) is 24.3 Å². The number of nitrogens with one attached hydrogen (secondary N) is 1. The predicted molar refractivity (Wildman–Crippen MR) is 110 cm³/mol. The van der Waals surface area contributed by atoms with E-state index in [1.807, 2.05) is 11.8 Å². The highest BCUT2D eigenvalue weighted by atomic mass is 32.2. The van der Waals surface area contributed by atoms with Crippen LogP contribution in [0.1, 0.15) is 39.0 Å². The molecule has 1 aliphatic carbocycles. The van der Waals surface area contributed by atoms with E-state index in [1.165, 1.54) is 36.4 Å². The highest BCUT2D eigenvalue weighted by molar-refractivity contribution is 7.99. The van der Waals surface area contributed by atoms with E-state index in [-0.39, 0.29) is 18.2 Å². The van der Waals surface area contributed by atoms with E-state index in [0.717, 1.165) is 5.75 Å². The molecule has 27 heavy (non-hydrogen) atoms. The van der Waals surface area contributed by atoms with Crippen molar-refractivity contribution >= 4 is 33.4 Å². The van der Waals surface area contributed by atoms with Gasteiger partial charge in [-0.05, 0) is 31.9 Å². The highest BCUT2D eigenvalue weighted by Gasteiger charge is 2.35. The average molecular weight is 413 g/mol. The summed E-state index contributed by atoms with van der Waals surface area (Å²) >= 11 is 1.92. The molecule has 1 N–H and O–H groups in total. The molecular weight excluding hydrogens is 384 g/mol. The summed E-state index contributed by atoms with van der Waals surface area (Å²) in [5.74, 6) is 1.02. The third-order valence-corrected chi connectivity index (χ3v) is 8.16. The summed E-state index contributed by atoms with van der Waals surface area (Å²) in [5, 5.41) is 3.61. The van der Waals surface area contributed by atoms with Crippen LogP contribution < -0.4 is 14.4 Å². The lowest BCUT2D eigenvalue weighted by molar-refractivity contribution is -0.127. The van der Waals surface area contributed by atoms with Gasteiger partial charge >= 0.3 is 0 Å². The molecule has 0 radical (unpaired) electrons. The molecule has 1 aromatic carbocycles. The number of anilines is 1. The Hall–Kier alpha value is -1.41. The van der Waals surface area contributed by atoms with Crippen molar-refractivity contribution in [2.24, 2.45) is 0 Å². The molecule has 0 bridgehead atoms. The summed E-state index contributed by atoms with van der Waals surface area (Å²) in [6.45, 7) is 2.18. The number of sulfonamides is 1. The molecule has 1 aromatic rings. The number of hydrogen-bond donors (Lipinski definition) is 1. The summed E-state index contributed by atoms with van der Waals surface area (Å²) in [4.78, 5) is 12.6. The molecule has 1 aliphatic heterocycles. The van der Waals surface area contributed by atoms with Gasteiger partial charge < -0.3 is 10.1 Å². The van der Waals surface area contributed by atoms with Crippen LogP contribution in [0.15, 0.2) is 24.3 Å². The zero-order valence-corrected chi connectivity index (χ0v) is 17.4. The quantitative estimate of drug-likeness (QED) is 0.697. The highest BCUT2D eigenvalue weighted by Crippen LogP contribution is 2.35. The van der Waals surface area contributed by atoms with Crippen LogP contribution in [0.2, 0.25) is 0 Å². The second kappa shape index (κ2) is 9.19. The van der Waals surface area contributed by atoms with Crippen molar-refractivity contribution in [2.45, 2.75) is 50.4 Å². The molecule has 1 saturated carbocycles. The Morgan fingerprint density at radius 1 is 1.26 bits per heavy atom. The lowest BCUT2D eigenvalue weighted by Crippen LogP contribution is -2.51. The molecule has 3 rings (SSSR count). The van der Waals surface area contributed by atoms with Gasteiger partial charge in [0.05, 0.1) is 18.0 Å². The van der Waals surface area contributed by atoms with Gasteiger partial charge in [-0.2, -0.15) is 11.8 Å². The molecule has 1 amide bonds. The SMILES string of the molecule is CCS(=O)(=O)N1CC(C(=O)NCCSC2CCCCC2)Oc2ccccc21. The van der Waals surface area contributed by atoms with Crippen LogP contribution in [0.4, 0.5) is 5.69 Å². The van der Waals surface area contributed by atoms with Crippen molar-refractivity contribution in [1.82, 2.24) is 5.32 Å². The Balaban J connectivity index is 1.57. The smallest absolute Gasteiger partial charge is 0.263 e. The van der Waals surface area contributed by atoms with E-state index in [2.05, 4.69) is 5.32 Å². The van der Waals surface area contributed by atoms with Crippen LogP contribution in [0.5, 0.6) is 5.75 Å². The van der Waals surface area contributed by atoms with E-state index in [9.17, 15) is 13.2 Å². The molecule has 1 heterocycles. The van der Waals surface area contributed by atoms with Crippen LogP contribution in [-0.4, -0.2) is 50.3 Å². The zero-order valence-electron chi connectivity index (χ0n) is 15.7. The van der Waals surface area contributed by atoms with E-state index in [1.54, 1.807) is 31.2 Å². The van der Waals surface area contributed by atoms with Crippen LogP contribution >= 0.6 is 11.8 Å². The van der Waals surface area contributed by atoms with Crippen molar-refractivity contribution in [3.63, 3.8) is 0 Å². The van der Waals surface area contributed by atoms with Gasteiger partial charge in [0, 0.05) is 17.5 Å². The van der Waals surface area contributed by atoms with Gasteiger partial charge in [-0.1, -0.05) is 31.4 Å². The maximum Gasteiger partial charge on any atom is 0.263 e. The first-order valence-electron chi connectivity index (χ1n) is 9.66. The fourth-order valence-corrected chi connectivity index (χ4v) is 5.85. The minimum atomic E-state index is -3.47. The fourth-order valence-electron chi connectivity index (χ4n) is 3.50. The van der Waals surface area contributed by atoms with Gasteiger partial charge in [0.15, 0.2) is 6.10 Å². The van der Waals surface area contributed by atoms with Gasteiger partial charge in [0.2, 0.25) is 10.0 Å². The Morgan fingerprint density at radius 3 is 2.74 bits per heavy atom. The minimum Gasteiger partial charge on any atom is -0.476 e. The number of ether oxygens (including phenoxy) is 1. The number of amides is 1. The van der Waals surface area contributed by atoms with E-state index in [0.29, 0.717) is 23.2 Å². The number of fused-ring (bicyclic) bond motifs is 1. The first-order valence-corrected chi connectivity index (χ1v) is 12.3. The number of para-hydroxylation sites is 2. The maximum absolute atomic E-state index is 12.6. The molecular formula is C19H28N2O4S2. The lowest BCUT2D eigenvalue weighted by Gasteiger charge is -2.34. The van der Waals surface area contributed by atoms with Gasteiger partial charge in [-0.3, -0.25) is 9.10 Å². The Kier molecular flexibility index (Phi) is 6.92.